The molecule has 16 heavy (non-hydrogen) atoms. The minimum atomic E-state index is -1.82. The summed E-state index contributed by atoms with van der Waals surface area (Å²) in [7, 11) is 0. The first-order chi connectivity index (χ1) is 7.36. The van der Waals surface area contributed by atoms with Crippen LogP contribution >= 0.6 is 0 Å². The number of hydrogen-bond acceptors (Lipinski definition) is 2. The summed E-state index contributed by atoms with van der Waals surface area (Å²) >= 11 is 0. The van der Waals surface area contributed by atoms with Crippen molar-refractivity contribution in [2.45, 2.75) is 12.8 Å². The molecule has 1 aromatic carbocycles. The van der Waals surface area contributed by atoms with Crippen LogP contribution in [-0.2, 0) is 9.59 Å². The van der Waals surface area contributed by atoms with Gasteiger partial charge in [-0.2, -0.15) is 0 Å². The van der Waals surface area contributed by atoms with Gasteiger partial charge in [0.1, 0.15) is 11.7 Å². The zero-order chi connectivity index (χ0) is 12.5. The van der Waals surface area contributed by atoms with Gasteiger partial charge in [0.2, 0.25) is 0 Å². The molecule has 0 amide bonds. The largest absolute Gasteiger partial charge is 0.480 e. The Labute approximate surface area is 88.5 Å². The van der Waals surface area contributed by atoms with E-state index < -0.39 is 40.7 Å². The van der Waals surface area contributed by atoms with Gasteiger partial charge in [0.25, 0.3) is 0 Å². The average molecular weight is 232 g/mol. The maximum atomic E-state index is 13.2. The molecule has 0 spiro atoms. The molecule has 1 aromatic rings. The molecular weight excluding hydrogens is 225 g/mol. The first-order valence-corrected chi connectivity index (χ1v) is 4.23. The van der Waals surface area contributed by atoms with Crippen molar-refractivity contribution < 1.29 is 27.9 Å². The molecule has 0 aliphatic heterocycles. The van der Waals surface area contributed by atoms with Crippen LogP contribution in [0.3, 0.4) is 0 Å². The molecule has 0 saturated carbocycles. The molecule has 0 saturated heterocycles. The van der Waals surface area contributed by atoms with E-state index in [1.807, 2.05) is 0 Å². The highest BCUT2D eigenvalue weighted by atomic mass is 19.2. The van der Waals surface area contributed by atoms with Crippen molar-refractivity contribution >= 4 is 11.8 Å². The van der Waals surface area contributed by atoms with Crippen molar-refractivity contribution in [1.82, 2.24) is 0 Å². The lowest BCUT2D eigenvalue weighted by atomic mass is 9.95. The highest BCUT2D eigenvalue weighted by molar-refractivity contribution is 6.02. The van der Waals surface area contributed by atoms with E-state index in [0.29, 0.717) is 6.07 Å². The Balaban J connectivity index is 3.37. The fraction of sp³-hybridized carbons (Fsp3) is 0.200. The van der Waals surface area contributed by atoms with E-state index in [-0.39, 0.29) is 0 Å². The number of Topliss-reactive ketones (excluding diaryl/α,β-unsaturated/α-hetero) is 1. The van der Waals surface area contributed by atoms with E-state index in [2.05, 4.69) is 0 Å². The van der Waals surface area contributed by atoms with Gasteiger partial charge in [-0.25, -0.2) is 13.2 Å². The van der Waals surface area contributed by atoms with Gasteiger partial charge < -0.3 is 5.11 Å². The number of carbonyl (C=O) groups excluding carboxylic acids is 1. The molecular formula is C10H7F3O3. The quantitative estimate of drug-likeness (QED) is 0.639. The fourth-order valence-corrected chi connectivity index (χ4v) is 1.29. The topological polar surface area (TPSA) is 54.4 Å². The predicted molar refractivity (Wildman–Crippen MR) is 47.4 cm³/mol. The van der Waals surface area contributed by atoms with Crippen molar-refractivity contribution in [3.8, 4) is 0 Å². The molecule has 1 rings (SSSR count). The Morgan fingerprint density at radius 2 is 1.75 bits per heavy atom. The molecule has 0 aliphatic carbocycles. The van der Waals surface area contributed by atoms with Gasteiger partial charge in [-0.3, -0.25) is 9.59 Å². The number of benzene rings is 1. The first-order valence-electron chi connectivity index (χ1n) is 4.23. The van der Waals surface area contributed by atoms with Gasteiger partial charge in [0.15, 0.2) is 17.5 Å². The van der Waals surface area contributed by atoms with Gasteiger partial charge in [0, 0.05) is 5.56 Å². The van der Waals surface area contributed by atoms with Crippen LogP contribution in [0.5, 0.6) is 0 Å². The van der Waals surface area contributed by atoms with Gasteiger partial charge in [-0.15, -0.1) is 0 Å². The van der Waals surface area contributed by atoms with E-state index in [9.17, 15) is 22.8 Å². The van der Waals surface area contributed by atoms with Gasteiger partial charge >= 0.3 is 5.97 Å². The Kier molecular flexibility index (Phi) is 3.31. The molecule has 0 radical (unpaired) electrons. The summed E-state index contributed by atoms with van der Waals surface area (Å²) in [5.74, 6) is -9.17. The Bertz CT molecular complexity index is 443. The molecule has 0 aromatic heterocycles. The van der Waals surface area contributed by atoms with Crippen LogP contribution in [0.2, 0.25) is 0 Å². The molecule has 0 fully saturated rings. The summed E-state index contributed by atoms with van der Waals surface area (Å²) < 4.78 is 38.6. The molecule has 86 valence electrons. The van der Waals surface area contributed by atoms with Crippen LogP contribution in [0, 0.1) is 17.5 Å². The van der Waals surface area contributed by atoms with Crippen molar-refractivity contribution in [3.63, 3.8) is 0 Å². The molecule has 1 unspecified atom stereocenters. The number of carboxylic acid groups (broad SMARTS) is 1. The standard InChI is InChI=1S/C10H7F3O3/c1-4(14)7(10(15)16)5-2-3-6(11)9(13)8(5)12/h2-3,7H,1H3,(H,15,16). The Hall–Kier alpha value is -1.85. The predicted octanol–water partition coefficient (Wildman–Crippen LogP) is 1.86. The second kappa shape index (κ2) is 4.34. The third kappa shape index (κ3) is 2.05. The van der Waals surface area contributed by atoms with Gasteiger partial charge in [-0.05, 0) is 13.0 Å². The Morgan fingerprint density at radius 3 is 2.19 bits per heavy atom. The smallest absolute Gasteiger partial charge is 0.318 e. The van der Waals surface area contributed by atoms with Crippen LogP contribution in [0.25, 0.3) is 0 Å². The van der Waals surface area contributed by atoms with Gasteiger partial charge in [-0.1, -0.05) is 6.07 Å². The second-order valence-electron chi connectivity index (χ2n) is 3.15. The van der Waals surface area contributed by atoms with Crippen LogP contribution in [-0.4, -0.2) is 16.9 Å². The van der Waals surface area contributed by atoms with Crippen LogP contribution < -0.4 is 0 Å². The maximum absolute atomic E-state index is 13.2. The lowest BCUT2D eigenvalue weighted by Crippen LogP contribution is -2.21. The average Bonchev–Trinajstić information content (AvgIpc) is 2.17. The number of rotatable bonds is 3. The van der Waals surface area contributed by atoms with Crippen molar-refractivity contribution in [3.05, 3.63) is 35.1 Å². The number of hydrogen-bond donors (Lipinski definition) is 1. The lowest BCUT2D eigenvalue weighted by molar-refractivity contribution is -0.142. The monoisotopic (exact) mass is 232 g/mol. The third-order valence-corrected chi connectivity index (χ3v) is 2.03. The summed E-state index contributed by atoms with van der Waals surface area (Å²) in [6.45, 7) is 0.930. The third-order valence-electron chi connectivity index (χ3n) is 2.03. The van der Waals surface area contributed by atoms with Gasteiger partial charge in [0.05, 0.1) is 0 Å². The summed E-state index contributed by atoms with van der Waals surface area (Å²) in [4.78, 5) is 21.7. The molecule has 0 aliphatic rings. The van der Waals surface area contributed by atoms with E-state index in [4.69, 9.17) is 5.11 Å². The molecule has 1 N–H and O–H groups in total. The Morgan fingerprint density at radius 1 is 1.19 bits per heavy atom. The zero-order valence-electron chi connectivity index (χ0n) is 8.13. The molecule has 6 heteroatoms. The number of carbonyl (C=O) groups is 2. The zero-order valence-corrected chi connectivity index (χ0v) is 8.13. The lowest BCUT2D eigenvalue weighted by Gasteiger charge is -2.10. The summed E-state index contributed by atoms with van der Waals surface area (Å²) in [6.07, 6.45) is 0. The first kappa shape index (κ1) is 12.2. The van der Waals surface area contributed by atoms with E-state index in [1.54, 1.807) is 0 Å². The molecule has 1 atom stereocenters. The van der Waals surface area contributed by atoms with Crippen molar-refractivity contribution in [1.29, 1.82) is 0 Å². The van der Waals surface area contributed by atoms with E-state index in [0.717, 1.165) is 13.0 Å². The summed E-state index contributed by atoms with van der Waals surface area (Å²) in [6, 6.07) is 1.32. The minimum Gasteiger partial charge on any atom is -0.480 e. The minimum absolute atomic E-state index is 0.576. The number of carboxylic acids is 1. The van der Waals surface area contributed by atoms with Crippen LogP contribution in [0.4, 0.5) is 13.2 Å². The number of halogens is 3. The molecule has 0 heterocycles. The highest BCUT2D eigenvalue weighted by Crippen LogP contribution is 2.24. The van der Waals surface area contributed by atoms with E-state index >= 15 is 0 Å². The van der Waals surface area contributed by atoms with E-state index in [1.165, 1.54) is 0 Å². The number of ketones is 1. The SMILES string of the molecule is CC(=O)C(C(=O)O)c1ccc(F)c(F)c1F. The number of aliphatic carboxylic acids is 1. The van der Waals surface area contributed by atoms with Crippen LogP contribution in [0.15, 0.2) is 12.1 Å². The fourth-order valence-electron chi connectivity index (χ4n) is 1.29. The summed E-state index contributed by atoms with van der Waals surface area (Å²) in [5.41, 5.74) is -0.682. The normalized spacial score (nSPS) is 12.2. The molecule has 0 bridgehead atoms. The van der Waals surface area contributed by atoms with Crippen molar-refractivity contribution in [2.24, 2.45) is 0 Å². The second-order valence-corrected chi connectivity index (χ2v) is 3.15. The maximum Gasteiger partial charge on any atom is 0.318 e. The van der Waals surface area contributed by atoms with Crippen molar-refractivity contribution in [2.75, 3.05) is 0 Å². The summed E-state index contributed by atoms with van der Waals surface area (Å²) in [5, 5.41) is 8.68. The highest BCUT2D eigenvalue weighted by Gasteiger charge is 2.29. The molecule has 3 nitrogen and oxygen atoms in total. The van der Waals surface area contributed by atoms with Crippen LogP contribution in [0.1, 0.15) is 18.4 Å².